The molecule has 1 saturated heterocycles. The third-order valence-corrected chi connectivity index (χ3v) is 8.06. The number of halogens is 3. The summed E-state index contributed by atoms with van der Waals surface area (Å²) in [5, 5.41) is 4.82. The van der Waals surface area contributed by atoms with Gasteiger partial charge in [0.2, 0.25) is 5.95 Å². The molecule has 2 atom stereocenters. The van der Waals surface area contributed by atoms with Gasteiger partial charge in [0.25, 0.3) is 0 Å². The number of hydrogen-bond acceptors (Lipinski definition) is 7. The number of benzene rings is 1. The molecule has 194 valence electrons. The minimum absolute atomic E-state index is 0.0914. The Morgan fingerprint density at radius 3 is 2.81 bits per heavy atom. The van der Waals surface area contributed by atoms with Crippen LogP contribution < -0.4 is 9.70 Å². The van der Waals surface area contributed by atoms with E-state index in [9.17, 15) is 4.39 Å². The van der Waals surface area contributed by atoms with Crippen molar-refractivity contribution in [3.05, 3.63) is 51.8 Å². The molecule has 1 aliphatic carbocycles. The molecule has 6 rings (SSSR count). The highest BCUT2D eigenvalue weighted by Crippen LogP contribution is 2.37. The molecule has 4 aromatic rings. The minimum Gasteiger partial charge on any atom is -0.367 e. The van der Waals surface area contributed by atoms with E-state index >= 15 is 4.39 Å². The first-order valence-electron chi connectivity index (χ1n) is 12.2. The van der Waals surface area contributed by atoms with Crippen molar-refractivity contribution in [3.8, 4) is 11.3 Å². The average molecular weight is 546 g/mol. The number of ether oxygens (including phenoxy) is 1. The molecule has 0 bridgehead atoms. The number of hydrogen-bond donors (Lipinski definition) is 0. The van der Waals surface area contributed by atoms with Crippen molar-refractivity contribution in [3.63, 3.8) is 0 Å². The van der Waals surface area contributed by atoms with E-state index in [0.29, 0.717) is 56.5 Å². The fourth-order valence-corrected chi connectivity index (χ4v) is 5.98. The molecule has 8 nitrogen and oxygen atoms in total. The zero-order chi connectivity index (χ0) is 25.7. The molecule has 2 fully saturated rings. The molecule has 0 radical (unpaired) electrons. The maximum absolute atomic E-state index is 15.1. The molecule has 4 heterocycles. The number of thiazole rings is 1. The van der Waals surface area contributed by atoms with Gasteiger partial charge in [0.05, 0.1) is 37.1 Å². The SMILES string of the molecule is C/N=c1/sc2c(-c3ccc(Cl)cc3F)nc(N3CC(C)OC(c4cnn(C5CC5)c4)C3)nc2n1CCF. The van der Waals surface area contributed by atoms with Crippen molar-refractivity contribution in [1.82, 2.24) is 24.3 Å². The van der Waals surface area contributed by atoms with E-state index in [-0.39, 0.29) is 18.8 Å². The first-order valence-corrected chi connectivity index (χ1v) is 13.4. The molecule has 2 unspecified atom stereocenters. The number of alkyl halides is 1. The van der Waals surface area contributed by atoms with Gasteiger partial charge >= 0.3 is 0 Å². The Morgan fingerprint density at radius 2 is 2.08 bits per heavy atom. The maximum atomic E-state index is 15.1. The van der Waals surface area contributed by atoms with Crippen molar-refractivity contribution in [2.24, 2.45) is 4.99 Å². The lowest BCUT2D eigenvalue weighted by Crippen LogP contribution is -2.43. The second-order valence-electron chi connectivity index (χ2n) is 9.42. The Kier molecular flexibility index (Phi) is 6.46. The van der Waals surface area contributed by atoms with Crippen LogP contribution in [0.25, 0.3) is 21.6 Å². The molecule has 0 spiro atoms. The quantitative estimate of drug-likeness (QED) is 0.343. The molecule has 0 amide bonds. The maximum Gasteiger partial charge on any atom is 0.228 e. The van der Waals surface area contributed by atoms with Crippen LogP contribution in [0.3, 0.4) is 0 Å². The second-order valence-corrected chi connectivity index (χ2v) is 10.8. The van der Waals surface area contributed by atoms with Gasteiger partial charge in [0.1, 0.15) is 23.3 Å². The molecular weight excluding hydrogens is 520 g/mol. The topological polar surface area (TPSA) is 73.4 Å². The summed E-state index contributed by atoms with van der Waals surface area (Å²) < 4.78 is 39.3. The Labute approximate surface area is 221 Å². The fraction of sp³-hybridized carbons (Fsp3) is 0.440. The number of aryl methyl sites for hydroxylation is 1. The monoisotopic (exact) mass is 545 g/mol. The summed E-state index contributed by atoms with van der Waals surface area (Å²) in [5.41, 5.74) is 2.26. The van der Waals surface area contributed by atoms with Crippen LogP contribution in [0.4, 0.5) is 14.7 Å². The van der Waals surface area contributed by atoms with Gasteiger partial charge in [-0.3, -0.25) is 14.2 Å². The first kappa shape index (κ1) is 24.4. The molecular formula is C25H26ClF2N7OS. The van der Waals surface area contributed by atoms with Crippen LogP contribution >= 0.6 is 22.9 Å². The van der Waals surface area contributed by atoms with Crippen LogP contribution in [0.1, 0.15) is 37.5 Å². The molecule has 1 aliphatic heterocycles. The van der Waals surface area contributed by atoms with Gasteiger partial charge in [-0.1, -0.05) is 22.9 Å². The van der Waals surface area contributed by atoms with Crippen molar-refractivity contribution >= 4 is 39.2 Å². The Bertz CT molecular complexity index is 1530. The summed E-state index contributed by atoms with van der Waals surface area (Å²) >= 11 is 7.34. The van der Waals surface area contributed by atoms with E-state index < -0.39 is 12.5 Å². The predicted molar refractivity (Wildman–Crippen MR) is 139 cm³/mol. The molecule has 0 N–H and O–H groups in total. The van der Waals surface area contributed by atoms with Gasteiger partial charge in [-0.25, -0.2) is 13.8 Å². The highest BCUT2D eigenvalue weighted by Gasteiger charge is 2.32. The Hall–Kier alpha value is -2.89. The van der Waals surface area contributed by atoms with Crippen LogP contribution in [0.2, 0.25) is 5.02 Å². The second kappa shape index (κ2) is 9.77. The van der Waals surface area contributed by atoms with Crippen molar-refractivity contribution in [2.75, 3.05) is 31.7 Å². The summed E-state index contributed by atoms with van der Waals surface area (Å²) in [6, 6.07) is 4.99. The summed E-state index contributed by atoms with van der Waals surface area (Å²) in [7, 11) is 1.65. The van der Waals surface area contributed by atoms with Crippen LogP contribution in [0.5, 0.6) is 0 Å². The smallest absolute Gasteiger partial charge is 0.228 e. The van der Waals surface area contributed by atoms with Crippen molar-refractivity contribution in [1.29, 1.82) is 0 Å². The summed E-state index contributed by atoms with van der Waals surface area (Å²) in [4.78, 5) is 16.7. The van der Waals surface area contributed by atoms with Gasteiger partial charge in [-0.05, 0) is 38.0 Å². The molecule has 2 aliphatic rings. The third-order valence-electron chi connectivity index (χ3n) is 6.66. The number of rotatable bonds is 6. The highest BCUT2D eigenvalue weighted by atomic mass is 35.5. The van der Waals surface area contributed by atoms with E-state index in [0.717, 1.165) is 18.4 Å². The lowest BCUT2D eigenvalue weighted by Gasteiger charge is -2.36. The van der Waals surface area contributed by atoms with Gasteiger partial charge in [0.15, 0.2) is 10.4 Å². The molecule has 1 aromatic carbocycles. The zero-order valence-corrected chi connectivity index (χ0v) is 22.0. The van der Waals surface area contributed by atoms with Gasteiger partial charge in [0, 0.05) is 35.9 Å². The normalized spacial score (nSPS) is 20.8. The number of aromatic nitrogens is 5. The molecule has 37 heavy (non-hydrogen) atoms. The largest absolute Gasteiger partial charge is 0.367 e. The number of fused-ring (bicyclic) bond motifs is 1. The van der Waals surface area contributed by atoms with Crippen LogP contribution in [0, 0.1) is 5.82 Å². The first-order chi connectivity index (χ1) is 17.9. The predicted octanol–water partition coefficient (Wildman–Crippen LogP) is 4.95. The summed E-state index contributed by atoms with van der Waals surface area (Å²) in [6.07, 6.45) is 5.91. The van der Waals surface area contributed by atoms with Gasteiger partial charge in [-0.2, -0.15) is 10.1 Å². The number of morpholine rings is 1. The number of nitrogens with zero attached hydrogens (tertiary/aromatic N) is 7. The van der Waals surface area contributed by atoms with Crippen molar-refractivity contribution in [2.45, 2.75) is 44.6 Å². The molecule has 1 saturated carbocycles. The Morgan fingerprint density at radius 1 is 1.24 bits per heavy atom. The van der Waals surface area contributed by atoms with E-state index in [4.69, 9.17) is 26.3 Å². The van der Waals surface area contributed by atoms with E-state index in [1.54, 1.807) is 23.7 Å². The summed E-state index contributed by atoms with van der Waals surface area (Å²) in [6.45, 7) is 2.58. The van der Waals surface area contributed by atoms with Crippen molar-refractivity contribution < 1.29 is 13.5 Å². The fourth-order valence-electron chi connectivity index (χ4n) is 4.76. The van der Waals surface area contributed by atoms with Gasteiger partial charge in [-0.15, -0.1) is 0 Å². The number of anilines is 1. The van der Waals surface area contributed by atoms with Crippen LogP contribution in [-0.4, -0.2) is 57.2 Å². The minimum atomic E-state index is -0.579. The zero-order valence-electron chi connectivity index (χ0n) is 20.4. The Balaban J connectivity index is 1.47. The molecule has 3 aromatic heterocycles. The third kappa shape index (κ3) is 4.64. The van der Waals surface area contributed by atoms with Gasteiger partial charge < -0.3 is 9.64 Å². The highest BCUT2D eigenvalue weighted by molar-refractivity contribution is 7.16. The van der Waals surface area contributed by atoms with E-state index in [1.807, 2.05) is 22.7 Å². The lowest BCUT2D eigenvalue weighted by atomic mass is 10.1. The summed E-state index contributed by atoms with van der Waals surface area (Å²) in [5.74, 6) is -0.0563. The van der Waals surface area contributed by atoms with Crippen LogP contribution in [0.15, 0.2) is 35.6 Å². The average Bonchev–Trinajstić information content (AvgIpc) is 3.50. The van der Waals surface area contributed by atoms with E-state index in [2.05, 4.69) is 16.3 Å². The van der Waals surface area contributed by atoms with E-state index in [1.165, 1.54) is 17.4 Å². The molecule has 12 heteroatoms. The standard InChI is InChI=1S/C25H26ClF2N7OS/c1-14-11-33(13-20(36-14)15-10-30-35(12-15)17-4-5-17)24-31-21(18-6-3-16(26)9-19(18)28)22-23(32-24)34(8-7-27)25(29-2)37-22/h3,6,9-10,12,14,17,20H,4-5,7-8,11,13H2,1-2H3/b29-25+. The van der Waals surface area contributed by atoms with Crippen LogP contribution in [-0.2, 0) is 11.3 Å². The lowest BCUT2D eigenvalue weighted by molar-refractivity contribution is -0.0178.